The standard InChI is InChI=1S/C13H6ClF13O3S/c14-5-6-1-3-7(4-2-6)30-31(28,29)13(26,27)11(21,22)9(17,18)8(15,16)10(19,20)12(23,24)25/h1-4H,5H2. The highest BCUT2D eigenvalue weighted by Crippen LogP contribution is 2.61. The Balaban J connectivity index is 3.49. The van der Waals surface area contributed by atoms with Gasteiger partial charge in [0.1, 0.15) is 5.75 Å². The van der Waals surface area contributed by atoms with Crippen molar-refractivity contribution in [3.63, 3.8) is 0 Å². The highest BCUT2D eigenvalue weighted by atomic mass is 35.5. The molecule has 0 fully saturated rings. The SMILES string of the molecule is O=S(=O)(Oc1ccc(CCl)cc1)C(F)(F)C(F)(F)C(F)(F)C(F)(F)C(F)(F)C(F)(F)F. The first-order valence-electron chi connectivity index (χ1n) is 7.06. The molecule has 0 aromatic heterocycles. The van der Waals surface area contributed by atoms with Crippen LogP contribution in [0.2, 0.25) is 0 Å². The van der Waals surface area contributed by atoms with E-state index in [4.69, 9.17) is 11.6 Å². The summed E-state index contributed by atoms with van der Waals surface area (Å²) in [6.07, 6.45) is -7.61. The first-order valence-corrected chi connectivity index (χ1v) is 9.00. The summed E-state index contributed by atoms with van der Waals surface area (Å²) in [5.41, 5.74) is 0.170. The number of halogens is 14. The van der Waals surface area contributed by atoms with E-state index in [0.29, 0.717) is 12.1 Å². The number of hydrogen-bond acceptors (Lipinski definition) is 3. The Morgan fingerprint density at radius 2 is 1.06 bits per heavy atom. The van der Waals surface area contributed by atoms with Gasteiger partial charge in [-0.2, -0.15) is 65.5 Å². The van der Waals surface area contributed by atoms with Gasteiger partial charge in [-0.05, 0) is 17.7 Å². The molecule has 0 saturated carbocycles. The van der Waals surface area contributed by atoms with Crippen LogP contribution >= 0.6 is 11.6 Å². The molecular formula is C13H6ClF13O3S. The van der Waals surface area contributed by atoms with Gasteiger partial charge in [0.2, 0.25) is 0 Å². The Hall–Kier alpha value is -1.65. The fraction of sp³-hybridized carbons (Fsp3) is 0.538. The lowest BCUT2D eigenvalue weighted by Gasteiger charge is -2.38. The van der Waals surface area contributed by atoms with Crippen molar-refractivity contribution >= 4 is 21.7 Å². The van der Waals surface area contributed by atoms with E-state index in [0.717, 1.165) is 12.1 Å². The molecule has 0 bridgehead atoms. The number of alkyl halides is 14. The average Bonchev–Trinajstić information content (AvgIpc) is 2.60. The molecule has 0 atom stereocenters. The zero-order valence-corrected chi connectivity index (χ0v) is 15.5. The molecule has 0 aliphatic heterocycles. The summed E-state index contributed by atoms with van der Waals surface area (Å²) in [6.45, 7) is 0. The Morgan fingerprint density at radius 1 is 0.677 bits per heavy atom. The van der Waals surface area contributed by atoms with E-state index < -0.39 is 51.0 Å². The van der Waals surface area contributed by atoms with Gasteiger partial charge < -0.3 is 4.18 Å². The lowest BCUT2D eigenvalue weighted by molar-refractivity contribution is -0.433. The molecule has 0 radical (unpaired) electrons. The monoisotopic (exact) mass is 524 g/mol. The molecule has 18 heteroatoms. The minimum Gasteiger partial charge on any atom is -0.378 e. The molecule has 0 amide bonds. The summed E-state index contributed by atoms with van der Waals surface area (Å²) in [4.78, 5) is 0. The molecule has 0 aliphatic rings. The second kappa shape index (κ2) is 7.74. The fourth-order valence-electron chi connectivity index (χ4n) is 1.73. The van der Waals surface area contributed by atoms with Crippen molar-refractivity contribution in [2.45, 2.75) is 41.0 Å². The van der Waals surface area contributed by atoms with Crippen LogP contribution in [-0.2, 0) is 16.0 Å². The molecule has 1 aromatic carbocycles. The Labute approximate surface area is 168 Å². The fourth-order valence-corrected chi connectivity index (χ4v) is 2.81. The topological polar surface area (TPSA) is 43.4 Å². The van der Waals surface area contributed by atoms with Gasteiger partial charge in [0, 0.05) is 5.88 Å². The van der Waals surface area contributed by atoms with Crippen LogP contribution in [-0.4, -0.2) is 43.5 Å². The van der Waals surface area contributed by atoms with Crippen LogP contribution in [0.5, 0.6) is 5.75 Å². The van der Waals surface area contributed by atoms with E-state index in [9.17, 15) is 65.5 Å². The zero-order chi connectivity index (χ0) is 24.9. The molecule has 0 spiro atoms. The van der Waals surface area contributed by atoms with Crippen molar-refractivity contribution in [3.8, 4) is 5.75 Å². The maximum absolute atomic E-state index is 13.7. The van der Waals surface area contributed by atoms with Crippen LogP contribution in [0.3, 0.4) is 0 Å². The minimum atomic E-state index is -8.25. The normalized spacial score (nSPS) is 15.2. The molecule has 0 aliphatic carbocycles. The number of hydrogen-bond donors (Lipinski definition) is 0. The summed E-state index contributed by atoms with van der Waals surface area (Å²) >= 11 is 5.33. The van der Waals surface area contributed by atoms with E-state index in [1.807, 2.05) is 0 Å². The third-order valence-electron chi connectivity index (χ3n) is 3.50. The van der Waals surface area contributed by atoms with Gasteiger partial charge in [-0.15, -0.1) is 11.6 Å². The van der Waals surface area contributed by atoms with Crippen LogP contribution in [0.1, 0.15) is 5.56 Å². The van der Waals surface area contributed by atoms with Crippen LogP contribution in [0.4, 0.5) is 57.1 Å². The van der Waals surface area contributed by atoms with E-state index in [1.54, 1.807) is 0 Å². The Morgan fingerprint density at radius 3 is 1.42 bits per heavy atom. The molecule has 3 nitrogen and oxygen atoms in total. The highest BCUT2D eigenvalue weighted by molar-refractivity contribution is 7.88. The third-order valence-corrected chi connectivity index (χ3v) is 5.11. The van der Waals surface area contributed by atoms with Crippen LogP contribution in [0.15, 0.2) is 24.3 Å². The van der Waals surface area contributed by atoms with Crippen molar-refractivity contribution in [2.75, 3.05) is 0 Å². The first kappa shape index (κ1) is 27.4. The Bertz CT molecular complexity index is 894. The lowest BCUT2D eigenvalue weighted by atomic mass is 9.98. The van der Waals surface area contributed by atoms with E-state index in [2.05, 4.69) is 4.18 Å². The Kier molecular flexibility index (Phi) is 6.84. The summed E-state index contributed by atoms with van der Waals surface area (Å²) < 4.78 is 195. The van der Waals surface area contributed by atoms with Crippen LogP contribution in [0, 0.1) is 0 Å². The van der Waals surface area contributed by atoms with Crippen molar-refractivity contribution < 1.29 is 69.7 Å². The lowest BCUT2D eigenvalue weighted by Crippen LogP contribution is -2.71. The predicted octanol–water partition coefficient (Wildman–Crippen LogP) is 5.83. The second-order valence-corrected chi connectivity index (χ2v) is 7.48. The number of rotatable bonds is 8. The van der Waals surface area contributed by atoms with Crippen molar-refractivity contribution in [3.05, 3.63) is 29.8 Å². The molecule has 180 valence electrons. The zero-order valence-electron chi connectivity index (χ0n) is 13.9. The summed E-state index contributed by atoms with van der Waals surface area (Å²) in [7, 11) is -7.37. The predicted molar refractivity (Wildman–Crippen MR) is 76.3 cm³/mol. The highest BCUT2D eigenvalue weighted by Gasteiger charge is 2.93. The molecule has 31 heavy (non-hydrogen) atoms. The summed E-state index contributed by atoms with van der Waals surface area (Å²) in [6, 6.07) is 2.68. The molecule has 1 aromatic rings. The maximum Gasteiger partial charge on any atom is 0.460 e. The molecular weight excluding hydrogens is 519 g/mol. The van der Waals surface area contributed by atoms with Gasteiger partial charge in [-0.3, -0.25) is 0 Å². The van der Waals surface area contributed by atoms with Gasteiger partial charge in [-0.1, -0.05) is 12.1 Å². The smallest absolute Gasteiger partial charge is 0.378 e. The van der Waals surface area contributed by atoms with Gasteiger partial charge in [0.15, 0.2) is 0 Å². The van der Waals surface area contributed by atoms with Gasteiger partial charge >= 0.3 is 45.2 Å². The molecule has 1 rings (SSSR count). The third kappa shape index (κ3) is 4.09. The molecule has 0 N–H and O–H groups in total. The first-order chi connectivity index (χ1) is 13.5. The van der Waals surface area contributed by atoms with Crippen molar-refractivity contribution in [2.24, 2.45) is 0 Å². The number of benzene rings is 1. The average molecular weight is 525 g/mol. The van der Waals surface area contributed by atoms with Crippen molar-refractivity contribution in [1.82, 2.24) is 0 Å². The van der Waals surface area contributed by atoms with Crippen molar-refractivity contribution in [1.29, 1.82) is 0 Å². The summed E-state index contributed by atoms with van der Waals surface area (Å²) in [5, 5.41) is -7.42. The molecule has 0 unspecified atom stereocenters. The van der Waals surface area contributed by atoms with Crippen LogP contribution in [0.25, 0.3) is 0 Å². The van der Waals surface area contributed by atoms with Crippen LogP contribution < -0.4 is 4.18 Å². The maximum atomic E-state index is 13.7. The van der Waals surface area contributed by atoms with Gasteiger partial charge in [0.25, 0.3) is 0 Å². The van der Waals surface area contributed by atoms with Gasteiger partial charge in [0.05, 0.1) is 0 Å². The van der Waals surface area contributed by atoms with Gasteiger partial charge in [-0.25, -0.2) is 0 Å². The van der Waals surface area contributed by atoms with E-state index in [1.165, 1.54) is 0 Å². The van der Waals surface area contributed by atoms with E-state index >= 15 is 0 Å². The second-order valence-electron chi connectivity index (χ2n) is 5.63. The quantitative estimate of drug-likeness (QED) is 0.244. The molecule has 0 saturated heterocycles. The minimum absolute atomic E-state index is 0.170. The molecule has 0 heterocycles. The largest absolute Gasteiger partial charge is 0.460 e. The summed E-state index contributed by atoms with van der Waals surface area (Å²) in [5.74, 6) is -34.0. The van der Waals surface area contributed by atoms with E-state index in [-0.39, 0.29) is 11.4 Å².